The lowest BCUT2D eigenvalue weighted by atomic mass is 9.95. The molecule has 0 N–H and O–H groups in total. The van der Waals surface area contributed by atoms with Gasteiger partial charge in [-0.2, -0.15) is 0 Å². The predicted octanol–water partition coefficient (Wildman–Crippen LogP) is 7.74. The Bertz CT molecular complexity index is 1010. The third-order valence-electron chi connectivity index (χ3n) is 4.63. The maximum Gasteiger partial charge on any atom is 0.115 e. The number of aromatic nitrogens is 2. The molecular formula is C22H24N2S3. The van der Waals surface area contributed by atoms with E-state index in [1.807, 2.05) is 22.7 Å². The Morgan fingerprint density at radius 3 is 1.70 bits per heavy atom. The highest BCUT2D eigenvalue weighted by Crippen LogP contribution is 2.43. The number of hydrogen-bond donors (Lipinski definition) is 0. The van der Waals surface area contributed by atoms with Gasteiger partial charge in [-0.15, -0.1) is 27.8 Å². The van der Waals surface area contributed by atoms with E-state index in [4.69, 9.17) is 0 Å². The topological polar surface area (TPSA) is 25.8 Å². The molecule has 0 aliphatic heterocycles. The number of nitrogens with zero attached hydrogens (tertiary/aromatic N) is 2. The SMILES string of the molecule is CC(C)(C)c1ccc(-c2ccc(-c3ccc(C(C)(C)C)s3)c3snnc23)s1. The lowest BCUT2D eigenvalue weighted by Gasteiger charge is -2.15. The maximum absolute atomic E-state index is 4.49. The van der Waals surface area contributed by atoms with Crippen LogP contribution < -0.4 is 0 Å². The number of rotatable bonds is 2. The van der Waals surface area contributed by atoms with Crippen molar-refractivity contribution in [2.24, 2.45) is 0 Å². The molecule has 0 bridgehead atoms. The standard InChI is InChI=1S/C22H24N2S3/c1-21(2,3)17-11-9-15(25-17)13-7-8-14(20-19(13)23-24-27-20)16-10-12-18(26-16)22(4,5)6/h7-12H,1-6H3. The molecule has 0 radical (unpaired) electrons. The maximum atomic E-state index is 4.49. The van der Waals surface area contributed by atoms with E-state index >= 15 is 0 Å². The van der Waals surface area contributed by atoms with Crippen LogP contribution in [-0.4, -0.2) is 9.59 Å². The molecule has 4 rings (SSSR count). The van der Waals surface area contributed by atoms with Crippen molar-refractivity contribution in [2.75, 3.05) is 0 Å². The highest BCUT2D eigenvalue weighted by Gasteiger charge is 2.21. The van der Waals surface area contributed by atoms with E-state index < -0.39 is 0 Å². The minimum Gasteiger partial charge on any atom is -0.140 e. The molecule has 4 aromatic rings. The Morgan fingerprint density at radius 1 is 0.667 bits per heavy atom. The highest BCUT2D eigenvalue weighted by atomic mass is 32.1. The van der Waals surface area contributed by atoms with Gasteiger partial charge in [0.25, 0.3) is 0 Å². The van der Waals surface area contributed by atoms with Crippen molar-refractivity contribution in [3.05, 3.63) is 46.2 Å². The summed E-state index contributed by atoms with van der Waals surface area (Å²) in [5, 5.41) is 4.49. The molecule has 0 amide bonds. The van der Waals surface area contributed by atoms with Gasteiger partial charge in [-0.3, -0.25) is 0 Å². The first kappa shape index (κ1) is 18.8. The van der Waals surface area contributed by atoms with E-state index in [1.165, 1.54) is 46.9 Å². The van der Waals surface area contributed by atoms with Crippen LogP contribution in [0.15, 0.2) is 36.4 Å². The van der Waals surface area contributed by atoms with Gasteiger partial charge in [0.15, 0.2) is 0 Å². The third-order valence-corrected chi connectivity index (χ3v) is 8.47. The van der Waals surface area contributed by atoms with Crippen LogP contribution in [0.5, 0.6) is 0 Å². The van der Waals surface area contributed by atoms with Crippen molar-refractivity contribution in [3.8, 4) is 20.9 Å². The quantitative estimate of drug-likeness (QED) is 0.336. The molecule has 5 heteroatoms. The van der Waals surface area contributed by atoms with E-state index in [0.29, 0.717) is 0 Å². The average molecular weight is 413 g/mol. The van der Waals surface area contributed by atoms with Crippen LogP contribution in [0.4, 0.5) is 0 Å². The predicted molar refractivity (Wildman–Crippen MR) is 121 cm³/mol. The van der Waals surface area contributed by atoms with Gasteiger partial charge in [0.05, 0.1) is 4.70 Å². The van der Waals surface area contributed by atoms with Crippen molar-refractivity contribution in [2.45, 2.75) is 52.4 Å². The molecule has 0 aliphatic rings. The van der Waals surface area contributed by atoms with E-state index in [-0.39, 0.29) is 10.8 Å². The summed E-state index contributed by atoms with van der Waals surface area (Å²) in [4.78, 5) is 5.36. The summed E-state index contributed by atoms with van der Waals surface area (Å²) in [6, 6.07) is 13.4. The first-order valence-electron chi connectivity index (χ1n) is 9.11. The fraction of sp³-hybridized carbons (Fsp3) is 0.364. The summed E-state index contributed by atoms with van der Waals surface area (Å²) in [6.07, 6.45) is 0. The van der Waals surface area contributed by atoms with Gasteiger partial charge in [-0.25, -0.2) is 0 Å². The van der Waals surface area contributed by atoms with Crippen molar-refractivity contribution < 1.29 is 0 Å². The summed E-state index contributed by atoms with van der Waals surface area (Å²) >= 11 is 5.23. The number of fused-ring (bicyclic) bond motifs is 1. The number of hydrogen-bond acceptors (Lipinski definition) is 5. The molecular weight excluding hydrogens is 388 g/mol. The zero-order chi connectivity index (χ0) is 19.4. The molecule has 3 heterocycles. The Kier molecular flexibility index (Phi) is 4.53. The summed E-state index contributed by atoms with van der Waals surface area (Å²) in [5.41, 5.74) is 3.80. The van der Waals surface area contributed by atoms with Crippen LogP contribution in [0.1, 0.15) is 51.3 Å². The summed E-state index contributed by atoms with van der Waals surface area (Å²) < 4.78 is 5.47. The summed E-state index contributed by atoms with van der Waals surface area (Å²) in [5.74, 6) is 0. The van der Waals surface area contributed by atoms with Crippen LogP contribution in [0.3, 0.4) is 0 Å². The lowest BCUT2D eigenvalue weighted by Crippen LogP contribution is -2.07. The fourth-order valence-corrected chi connectivity index (χ4v) is 6.00. The zero-order valence-corrected chi connectivity index (χ0v) is 19.0. The summed E-state index contributed by atoms with van der Waals surface area (Å²) in [7, 11) is 0. The van der Waals surface area contributed by atoms with Crippen molar-refractivity contribution in [3.63, 3.8) is 0 Å². The first-order valence-corrected chi connectivity index (χ1v) is 11.5. The van der Waals surface area contributed by atoms with Gasteiger partial charge in [0.1, 0.15) is 5.52 Å². The Hall–Kier alpha value is -1.56. The molecule has 0 saturated carbocycles. The third kappa shape index (κ3) is 3.48. The van der Waals surface area contributed by atoms with Gasteiger partial charge in [-0.05, 0) is 46.6 Å². The smallest absolute Gasteiger partial charge is 0.115 e. The van der Waals surface area contributed by atoms with Gasteiger partial charge in [-0.1, -0.05) is 58.2 Å². The average Bonchev–Trinajstić information content (AvgIpc) is 3.31. The van der Waals surface area contributed by atoms with Gasteiger partial charge in [0.2, 0.25) is 0 Å². The molecule has 0 atom stereocenters. The molecule has 3 aromatic heterocycles. The molecule has 2 nitrogen and oxygen atoms in total. The summed E-state index contributed by atoms with van der Waals surface area (Å²) in [6.45, 7) is 13.6. The van der Waals surface area contributed by atoms with Gasteiger partial charge >= 0.3 is 0 Å². The molecule has 0 fully saturated rings. The minimum atomic E-state index is 0.169. The zero-order valence-electron chi connectivity index (χ0n) is 16.6. The van der Waals surface area contributed by atoms with Crippen molar-refractivity contribution in [1.29, 1.82) is 0 Å². The Morgan fingerprint density at radius 2 is 1.19 bits per heavy atom. The molecule has 27 heavy (non-hydrogen) atoms. The minimum absolute atomic E-state index is 0.169. The van der Waals surface area contributed by atoms with Gasteiger partial charge in [0, 0.05) is 30.6 Å². The van der Waals surface area contributed by atoms with Crippen LogP contribution in [0.2, 0.25) is 0 Å². The lowest BCUT2D eigenvalue weighted by molar-refractivity contribution is 0.603. The molecule has 0 unspecified atom stereocenters. The van der Waals surface area contributed by atoms with E-state index in [9.17, 15) is 0 Å². The fourth-order valence-electron chi connectivity index (χ4n) is 3.03. The number of thiophene rings is 2. The second-order valence-corrected chi connectivity index (χ2v) is 11.9. The second kappa shape index (κ2) is 6.50. The Balaban J connectivity index is 1.82. The van der Waals surface area contributed by atoms with Gasteiger partial charge < -0.3 is 0 Å². The van der Waals surface area contributed by atoms with E-state index in [0.717, 1.165) is 5.52 Å². The second-order valence-electron chi connectivity index (χ2n) is 8.94. The normalized spacial score (nSPS) is 12.8. The van der Waals surface area contributed by atoms with Crippen molar-refractivity contribution in [1.82, 2.24) is 9.59 Å². The van der Waals surface area contributed by atoms with Crippen LogP contribution >= 0.6 is 34.2 Å². The van der Waals surface area contributed by atoms with Crippen LogP contribution in [-0.2, 0) is 10.8 Å². The van der Waals surface area contributed by atoms with E-state index in [2.05, 4.69) is 87.5 Å². The van der Waals surface area contributed by atoms with Crippen LogP contribution in [0, 0.1) is 0 Å². The highest BCUT2D eigenvalue weighted by molar-refractivity contribution is 7.18. The molecule has 140 valence electrons. The Labute approximate surface area is 173 Å². The largest absolute Gasteiger partial charge is 0.140 e. The monoisotopic (exact) mass is 412 g/mol. The number of benzene rings is 1. The van der Waals surface area contributed by atoms with Crippen LogP contribution in [0.25, 0.3) is 31.1 Å². The molecule has 0 saturated heterocycles. The molecule has 0 spiro atoms. The van der Waals surface area contributed by atoms with Crippen molar-refractivity contribution >= 4 is 44.4 Å². The molecule has 0 aliphatic carbocycles. The molecule has 1 aromatic carbocycles. The first-order chi connectivity index (χ1) is 12.6. The van der Waals surface area contributed by atoms with E-state index in [1.54, 1.807) is 0 Å².